The summed E-state index contributed by atoms with van der Waals surface area (Å²) in [5.41, 5.74) is 2.58. The van der Waals surface area contributed by atoms with Crippen molar-refractivity contribution < 1.29 is 23.8 Å². The van der Waals surface area contributed by atoms with Crippen molar-refractivity contribution >= 4 is 35.0 Å². The first kappa shape index (κ1) is 28.6. The predicted octanol–water partition coefficient (Wildman–Crippen LogP) is 4.21. The van der Waals surface area contributed by atoms with E-state index in [1.54, 1.807) is 55.0 Å². The molecular weight excluding hydrogens is 554 g/mol. The van der Waals surface area contributed by atoms with Crippen molar-refractivity contribution in [2.45, 2.75) is 26.8 Å². The molecule has 1 N–H and O–H groups in total. The molecule has 1 aromatic heterocycles. The summed E-state index contributed by atoms with van der Waals surface area (Å²) in [6, 6.07) is 20.8. The van der Waals surface area contributed by atoms with Gasteiger partial charge in [0.1, 0.15) is 5.75 Å². The number of benzene rings is 3. The van der Waals surface area contributed by atoms with Crippen LogP contribution >= 0.6 is 11.3 Å². The van der Waals surface area contributed by atoms with Gasteiger partial charge in [0.05, 0.1) is 35.6 Å². The average Bonchev–Trinajstić information content (AvgIpc) is 3.27. The van der Waals surface area contributed by atoms with Crippen LogP contribution in [0.15, 0.2) is 93.9 Å². The Balaban J connectivity index is 1.65. The fraction of sp³-hybridized carbons (Fsp3) is 0.188. The Morgan fingerprint density at radius 1 is 1.05 bits per heavy atom. The van der Waals surface area contributed by atoms with Gasteiger partial charge in [0, 0.05) is 12.6 Å². The monoisotopic (exact) mass is 583 g/mol. The molecule has 10 heteroatoms. The van der Waals surface area contributed by atoms with E-state index in [-0.39, 0.29) is 11.5 Å². The molecule has 214 valence electrons. The van der Waals surface area contributed by atoms with Crippen LogP contribution in [0.2, 0.25) is 0 Å². The number of para-hydroxylation sites is 1. The van der Waals surface area contributed by atoms with Crippen molar-refractivity contribution in [1.82, 2.24) is 4.57 Å². The Kier molecular flexibility index (Phi) is 8.35. The zero-order valence-electron chi connectivity index (χ0n) is 23.5. The quantitative estimate of drug-likeness (QED) is 0.246. The number of carbonyl (C=O) groups is 2. The van der Waals surface area contributed by atoms with Gasteiger partial charge in [0.15, 0.2) is 16.3 Å². The number of fused-ring (bicyclic) bond motifs is 1. The lowest BCUT2D eigenvalue weighted by Gasteiger charge is -2.25. The smallest absolute Gasteiger partial charge is 0.308 e. The van der Waals surface area contributed by atoms with Gasteiger partial charge in [-0.15, -0.1) is 0 Å². The van der Waals surface area contributed by atoms with Crippen LogP contribution in [0.4, 0.5) is 5.69 Å². The number of methoxy groups -OCH3 is 1. The van der Waals surface area contributed by atoms with Crippen LogP contribution in [0.25, 0.3) is 6.08 Å². The van der Waals surface area contributed by atoms with Gasteiger partial charge < -0.3 is 19.5 Å². The summed E-state index contributed by atoms with van der Waals surface area (Å²) in [5.74, 6) is 0.470. The number of carbonyl (C=O) groups excluding carboxylic acids is 2. The fourth-order valence-electron chi connectivity index (χ4n) is 4.73. The predicted molar refractivity (Wildman–Crippen MR) is 161 cm³/mol. The Bertz CT molecular complexity index is 1870. The van der Waals surface area contributed by atoms with Crippen LogP contribution in [-0.2, 0) is 9.59 Å². The fourth-order valence-corrected chi connectivity index (χ4v) is 5.78. The second-order valence-corrected chi connectivity index (χ2v) is 10.4. The van der Waals surface area contributed by atoms with Crippen LogP contribution in [-0.4, -0.2) is 30.2 Å². The van der Waals surface area contributed by atoms with Crippen molar-refractivity contribution in [3.05, 3.63) is 115 Å². The van der Waals surface area contributed by atoms with E-state index in [1.165, 1.54) is 18.3 Å². The minimum absolute atomic E-state index is 0.297. The largest absolute Gasteiger partial charge is 0.497 e. The zero-order valence-corrected chi connectivity index (χ0v) is 24.4. The molecule has 0 spiro atoms. The Morgan fingerprint density at radius 3 is 2.55 bits per heavy atom. The number of aromatic nitrogens is 1. The SMILES string of the molecule is CCOc1cc(/C=c2\sc3n(c2=O)[C@@H](c2cccc(OC)c2)C(C(=O)Nc2ccccc2)=C(C)N=3)ccc1OC(C)=O. The second-order valence-electron chi connectivity index (χ2n) is 9.41. The Hall–Kier alpha value is -4.96. The third-order valence-corrected chi connectivity index (χ3v) is 7.51. The summed E-state index contributed by atoms with van der Waals surface area (Å²) in [4.78, 5) is 44.4. The molecule has 9 nitrogen and oxygen atoms in total. The van der Waals surface area contributed by atoms with Crippen LogP contribution in [0.3, 0.4) is 0 Å². The van der Waals surface area contributed by atoms with E-state index in [4.69, 9.17) is 19.2 Å². The Morgan fingerprint density at radius 2 is 1.83 bits per heavy atom. The van der Waals surface area contributed by atoms with Crippen molar-refractivity contribution in [1.29, 1.82) is 0 Å². The highest BCUT2D eigenvalue weighted by molar-refractivity contribution is 7.07. The topological polar surface area (TPSA) is 108 Å². The molecule has 0 aliphatic carbocycles. The molecule has 0 bridgehead atoms. The molecule has 1 aliphatic heterocycles. The zero-order chi connectivity index (χ0) is 29.8. The molecule has 5 rings (SSSR count). The first-order valence-corrected chi connectivity index (χ1v) is 14.1. The minimum atomic E-state index is -0.743. The number of rotatable bonds is 8. The standard InChI is InChI=1S/C32H29N3O6S/c1-5-40-26-16-21(14-15-25(26)41-20(3)36)17-27-31(38)35-29(22-10-9-13-24(18-22)39-4)28(19(2)33-32(35)42-27)30(37)34-23-11-7-6-8-12-23/h6-18,29H,5H2,1-4H3,(H,34,37)/b27-17-/t29-/m0/s1. The summed E-state index contributed by atoms with van der Waals surface area (Å²) in [6.07, 6.45) is 1.73. The lowest BCUT2D eigenvalue weighted by atomic mass is 9.95. The maximum absolute atomic E-state index is 14.0. The lowest BCUT2D eigenvalue weighted by molar-refractivity contribution is -0.132. The van der Waals surface area contributed by atoms with Gasteiger partial charge in [-0.1, -0.05) is 47.7 Å². The molecule has 0 radical (unpaired) electrons. The summed E-state index contributed by atoms with van der Waals surface area (Å²) in [5, 5.41) is 2.95. The van der Waals surface area contributed by atoms with Crippen molar-refractivity contribution in [2.75, 3.05) is 19.0 Å². The van der Waals surface area contributed by atoms with E-state index in [0.717, 1.165) is 0 Å². The molecule has 1 amide bonds. The first-order valence-electron chi connectivity index (χ1n) is 13.3. The number of anilines is 1. The van der Waals surface area contributed by atoms with Gasteiger partial charge in [0.2, 0.25) is 0 Å². The number of ether oxygens (including phenoxy) is 3. The third-order valence-electron chi connectivity index (χ3n) is 6.53. The van der Waals surface area contributed by atoms with Crippen molar-refractivity contribution in [3.63, 3.8) is 0 Å². The average molecular weight is 584 g/mol. The van der Waals surface area contributed by atoms with Crippen molar-refractivity contribution in [3.8, 4) is 17.2 Å². The number of allylic oxidation sites excluding steroid dienone is 1. The minimum Gasteiger partial charge on any atom is -0.497 e. The summed E-state index contributed by atoms with van der Waals surface area (Å²) in [6.45, 7) is 5.29. The van der Waals surface area contributed by atoms with E-state index in [2.05, 4.69) is 5.32 Å². The maximum atomic E-state index is 14.0. The van der Waals surface area contributed by atoms with Gasteiger partial charge in [0.25, 0.3) is 11.5 Å². The van der Waals surface area contributed by atoms with Gasteiger partial charge >= 0.3 is 5.97 Å². The van der Waals surface area contributed by atoms with E-state index in [9.17, 15) is 14.4 Å². The molecular formula is C32H29N3O6S. The second kappa shape index (κ2) is 12.3. The van der Waals surface area contributed by atoms with E-state index in [0.29, 0.717) is 61.3 Å². The van der Waals surface area contributed by atoms with Crippen LogP contribution < -0.4 is 34.4 Å². The van der Waals surface area contributed by atoms with Gasteiger partial charge in [-0.3, -0.25) is 19.0 Å². The first-order chi connectivity index (χ1) is 20.3. The highest BCUT2D eigenvalue weighted by atomic mass is 32.1. The normalized spacial score (nSPS) is 14.6. The molecule has 1 atom stereocenters. The number of nitrogens with zero attached hydrogens (tertiary/aromatic N) is 2. The van der Waals surface area contributed by atoms with E-state index >= 15 is 0 Å². The number of thiazole rings is 1. The molecule has 3 aromatic carbocycles. The molecule has 0 saturated heterocycles. The number of nitrogens with one attached hydrogen (secondary N) is 1. The number of hydrogen-bond acceptors (Lipinski definition) is 8. The molecule has 1 aliphatic rings. The molecule has 4 aromatic rings. The number of hydrogen-bond donors (Lipinski definition) is 1. The summed E-state index contributed by atoms with van der Waals surface area (Å²) < 4.78 is 18.3. The highest BCUT2D eigenvalue weighted by Gasteiger charge is 2.32. The van der Waals surface area contributed by atoms with Crippen molar-refractivity contribution in [2.24, 2.45) is 4.99 Å². The third kappa shape index (κ3) is 5.89. The molecule has 0 fully saturated rings. The Labute approximate surface area is 246 Å². The lowest BCUT2D eigenvalue weighted by Crippen LogP contribution is -2.40. The van der Waals surface area contributed by atoms with Gasteiger partial charge in [-0.25, -0.2) is 4.99 Å². The molecule has 0 saturated carbocycles. The van der Waals surface area contributed by atoms with Crippen LogP contribution in [0.5, 0.6) is 17.2 Å². The molecule has 0 unspecified atom stereocenters. The van der Waals surface area contributed by atoms with Gasteiger partial charge in [-0.2, -0.15) is 0 Å². The number of amides is 1. The summed E-state index contributed by atoms with van der Waals surface area (Å²) in [7, 11) is 1.57. The number of esters is 1. The molecule has 42 heavy (non-hydrogen) atoms. The van der Waals surface area contributed by atoms with Crippen LogP contribution in [0.1, 0.15) is 37.9 Å². The molecule has 2 heterocycles. The maximum Gasteiger partial charge on any atom is 0.308 e. The van der Waals surface area contributed by atoms with E-state index in [1.807, 2.05) is 49.4 Å². The van der Waals surface area contributed by atoms with Gasteiger partial charge in [-0.05, 0) is 67.4 Å². The summed E-state index contributed by atoms with van der Waals surface area (Å²) >= 11 is 1.23. The van der Waals surface area contributed by atoms with Crippen LogP contribution in [0, 0.1) is 0 Å². The highest BCUT2D eigenvalue weighted by Crippen LogP contribution is 2.33. The van der Waals surface area contributed by atoms with E-state index < -0.39 is 12.0 Å².